The number of rotatable bonds is 12. The molecule has 17 rings (SSSR count). The molecule has 15 aromatic rings. The van der Waals surface area contributed by atoms with Crippen molar-refractivity contribution in [2.45, 2.75) is 52.4 Å². The minimum absolute atomic E-state index is 0.0668. The Morgan fingerprint density at radius 1 is 0.265 bits per heavy atom. The molecule has 0 spiro atoms. The van der Waals surface area contributed by atoms with Gasteiger partial charge in [-0.2, -0.15) is 0 Å². The van der Waals surface area contributed by atoms with Gasteiger partial charge in [-0.25, -0.2) is 0 Å². The lowest BCUT2D eigenvalue weighted by Crippen LogP contribution is -2.75. The highest BCUT2D eigenvalue weighted by molar-refractivity contribution is 7.20. The first-order valence-corrected chi connectivity index (χ1v) is 38.6. The molecule has 0 saturated heterocycles. The van der Waals surface area contributed by atoms with Crippen molar-refractivity contribution >= 4 is 137 Å². The molecular formula is C92H76BN3Si2. The molecular weight excluding hydrogens is 1210 g/mol. The number of para-hydroxylation sites is 1. The van der Waals surface area contributed by atoms with Gasteiger partial charge in [0.05, 0.1) is 16.7 Å². The van der Waals surface area contributed by atoms with Crippen LogP contribution >= 0.6 is 0 Å². The third-order valence-corrected chi connectivity index (χ3v) is 30.7. The summed E-state index contributed by atoms with van der Waals surface area (Å²) in [6, 6.07) is 135. The van der Waals surface area contributed by atoms with Gasteiger partial charge in [0.25, 0.3) is 6.71 Å². The molecule has 0 amide bonds. The van der Waals surface area contributed by atoms with E-state index in [2.05, 4.69) is 408 Å². The fraction of sp³-hybridized carbons (Fsp3) is 0.0870. The number of anilines is 6. The third-order valence-electron chi connectivity index (χ3n) is 21.2. The third kappa shape index (κ3) is 9.75. The van der Waals surface area contributed by atoms with E-state index in [0.29, 0.717) is 0 Å². The van der Waals surface area contributed by atoms with Gasteiger partial charge in [-0.05, 0) is 164 Å². The molecule has 470 valence electrons. The molecule has 0 unspecified atom stereocenters. The lowest BCUT2D eigenvalue weighted by molar-refractivity contribution is 0.590. The van der Waals surface area contributed by atoms with Crippen LogP contribution in [-0.2, 0) is 10.8 Å². The quantitative estimate of drug-likeness (QED) is 0.0892. The van der Waals surface area contributed by atoms with Crippen LogP contribution in [0.4, 0.5) is 34.1 Å². The average molecular weight is 1290 g/mol. The second-order valence-corrected chi connectivity index (χ2v) is 36.4. The Morgan fingerprint density at radius 3 is 1.08 bits per heavy atom. The zero-order chi connectivity index (χ0) is 66.3. The summed E-state index contributed by atoms with van der Waals surface area (Å²) >= 11 is 0. The standard InChI is InChI=1S/C92H76BN3Si2/c1-91(2,3)66-53-57-83-80(59-66)81-60-67(92(4,5)6)54-58-84(81)96(83)70-62-87-90-88(63-70)95(69-37-31-50-77(61-69)97(71-38-19-9-20-39-71,72-40-21-10-22-41-72)73-42-23-11-24-43-73)85-52-32-51-79(65-33-15-7-16-34-65)89(85)93(90)82-56-55-78(64-86(82)94(87)68-35-17-8-18-36-68)98(74-44-25-12-26-45-74,75-46-27-13-28-47-75)76-48-29-14-30-49-76/h7-64H,1-6H3. The lowest BCUT2D eigenvalue weighted by atomic mass is 9.32. The van der Waals surface area contributed by atoms with Crippen LogP contribution in [0.2, 0.25) is 0 Å². The zero-order valence-electron chi connectivity index (χ0n) is 56.4. The van der Waals surface area contributed by atoms with E-state index in [0.717, 1.165) is 34.1 Å². The molecule has 0 radical (unpaired) electrons. The summed E-state index contributed by atoms with van der Waals surface area (Å²) in [7, 11) is -6.13. The lowest BCUT2D eigenvalue weighted by Gasteiger charge is -2.46. The molecule has 2 aliphatic rings. The number of hydrogen-bond acceptors (Lipinski definition) is 2. The van der Waals surface area contributed by atoms with E-state index in [1.807, 2.05) is 0 Å². The SMILES string of the molecule is CC(C)(C)c1ccc2c(c1)c1cc(C(C)(C)C)ccc1n2-c1cc2c3c(c1)N(c1cccc([Si](c4ccccc4)(c4ccccc4)c4ccccc4)c1)c1cccc(-c4ccccc4)c1B3c1ccc([Si](c3ccccc3)(c3ccccc3)c3ccccc3)cc1N2c1ccccc1. The molecule has 14 aromatic carbocycles. The monoisotopic (exact) mass is 1290 g/mol. The van der Waals surface area contributed by atoms with Crippen LogP contribution in [-0.4, -0.2) is 27.4 Å². The maximum atomic E-state index is 2.66. The van der Waals surface area contributed by atoms with Gasteiger partial charge in [-0.15, -0.1) is 0 Å². The van der Waals surface area contributed by atoms with E-state index < -0.39 is 16.1 Å². The highest BCUT2D eigenvalue weighted by Gasteiger charge is 2.49. The first kappa shape index (κ1) is 60.6. The van der Waals surface area contributed by atoms with Crippen LogP contribution < -0.4 is 67.7 Å². The van der Waals surface area contributed by atoms with E-state index in [4.69, 9.17) is 0 Å². The van der Waals surface area contributed by atoms with Crippen LogP contribution in [0.5, 0.6) is 0 Å². The van der Waals surface area contributed by atoms with Crippen LogP contribution in [0.25, 0.3) is 38.6 Å². The summed E-state index contributed by atoms with van der Waals surface area (Å²) in [6.07, 6.45) is 0. The van der Waals surface area contributed by atoms with Crippen LogP contribution in [0.1, 0.15) is 52.7 Å². The van der Waals surface area contributed by atoms with Crippen molar-refractivity contribution in [3.05, 3.63) is 363 Å². The predicted molar refractivity (Wildman–Crippen MR) is 425 cm³/mol. The van der Waals surface area contributed by atoms with Gasteiger partial charge in [0, 0.05) is 44.9 Å². The summed E-state index contributed by atoms with van der Waals surface area (Å²) in [6.45, 7) is 13.8. The van der Waals surface area contributed by atoms with Gasteiger partial charge in [-0.1, -0.05) is 321 Å². The van der Waals surface area contributed by atoms with Gasteiger partial charge in [0.1, 0.15) is 0 Å². The zero-order valence-corrected chi connectivity index (χ0v) is 58.4. The summed E-state index contributed by atoms with van der Waals surface area (Å²) in [5.74, 6) is 0. The van der Waals surface area contributed by atoms with Crippen molar-refractivity contribution in [2.24, 2.45) is 0 Å². The first-order valence-electron chi connectivity index (χ1n) is 34.6. The molecule has 0 saturated carbocycles. The van der Waals surface area contributed by atoms with E-state index in [1.54, 1.807) is 0 Å². The minimum Gasteiger partial charge on any atom is -0.311 e. The predicted octanol–water partition coefficient (Wildman–Crippen LogP) is 15.9. The molecule has 0 fully saturated rings. The minimum atomic E-state index is -3.08. The summed E-state index contributed by atoms with van der Waals surface area (Å²) in [5, 5.41) is 13.2. The Kier molecular flexibility index (Phi) is 14.8. The molecule has 3 heterocycles. The second kappa shape index (κ2) is 24.0. The van der Waals surface area contributed by atoms with Crippen LogP contribution in [0.3, 0.4) is 0 Å². The Morgan fingerprint density at radius 2 is 0.643 bits per heavy atom. The summed E-state index contributed by atoms with van der Waals surface area (Å²) in [4.78, 5) is 5.30. The molecule has 3 nitrogen and oxygen atoms in total. The summed E-state index contributed by atoms with van der Waals surface area (Å²) in [5.41, 5.74) is 19.0. The van der Waals surface area contributed by atoms with Gasteiger partial charge < -0.3 is 14.4 Å². The van der Waals surface area contributed by atoms with E-state index in [1.165, 1.54) is 108 Å². The van der Waals surface area contributed by atoms with Crippen molar-refractivity contribution in [3.8, 4) is 16.8 Å². The van der Waals surface area contributed by atoms with Crippen molar-refractivity contribution in [1.82, 2.24) is 4.57 Å². The van der Waals surface area contributed by atoms with Crippen molar-refractivity contribution in [3.63, 3.8) is 0 Å². The normalized spacial score (nSPS) is 12.9. The van der Waals surface area contributed by atoms with Crippen molar-refractivity contribution < 1.29 is 0 Å². The number of fused-ring (bicyclic) bond motifs is 7. The van der Waals surface area contributed by atoms with Crippen LogP contribution in [0.15, 0.2) is 352 Å². The molecule has 2 aliphatic heterocycles. The fourth-order valence-corrected chi connectivity index (χ4v) is 26.2. The Bertz CT molecular complexity index is 5180. The number of nitrogens with zero attached hydrogens (tertiary/aromatic N) is 3. The molecule has 0 N–H and O–H groups in total. The Hall–Kier alpha value is -11.0. The van der Waals surface area contributed by atoms with E-state index in [-0.39, 0.29) is 17.5 Å². The maximum Gasteiger partial charge on any atom is 0.252 e. The largest absolute Gasteiger partial charge is 0.311 e. The molecule has 6 heteroatoms. The molecule has 0 atom stereocenters. The second-order valence-electron chi connectivity index (χ2n) is 28.8. The smallest absolute Gasteiger partial charge is 0.252 e. The number of hydrogen-bond donors (Lipinski definition) is 0. The first-order chi connectivity index (χ1) is 47.9. The Balaban J connectivity index is 1.03. The topological polar surface area (TPSA) is 11.4 Å². The van der Waals surface area contributed by atoms with Gasteiger partial charge in [-0.3, -0.25) is 0 Å². The van der Waals surface area contributed by atoms with Gasteiger partial charge in [0.2, 0.25) is 0 Å². The van der Waals surface area contributed by atoms with Gasteiger partial charge >= 0.3 is 0 Å². The van der Waals surface area contributed by atoms with Crippen molar-refractivity contribution in [2.75, 3.05) is 9.80 Å². The van der Waals surface area contributed by atoms with Crippen LogP contribution in [0, 0.1) is 0 Å². The number of benzene rings is 14. The highest BCUT2D eigenvalue weighted by Crippen LogP contribution is 2.48. The fourth-order valence-electron chi connectivity index (χ4n) is 16.6. The highest BCUT2D eigenvalue weighted by atomic mass is 28.3. The van der Waals surface area contributed by atoms with Crippen molar-refractivity contribution in [1.29, 1.82) is 0 Å². The molecule has 0 aliphatic carbocycles. The maximum absolute atomic E-state index is 3.08. The van der Waals surface area contributed by atoms with E-state index >= 15 is 0 Å². The molecule has 98 heavy (non-hydrogen) atoms. The average Bonchev–Trinajstić information content (AvgIpc) is 1.19. The number of aromatic nitrogens is 1. The Labute approximate surface area is 579 Å². The summed E-state index contributed by atoms with van der Waals surface area (Å²) < 4.78 is 2.59. The molecule has 0 bridgehead atoms. The van der Waals surface area contributed by atoms with Gasteiger partial charge in [0.15, 0.2) is 16.1 Å². The van der Waals surface area contributed by atoms with E-state index in [9.17, 15) is 0 Å². The molecule has 1 aromatic heterocycles.